The Morgan fingerprint density at radius 1 is 1.22 bits per heavy atom. The van der Waals surface area contributed by atoms with Crippen molar-refractivity contribution in [3.63, 3.8) is 0 Å². The van der Waals surface area contributed by atoms with Gasteiger partial charge in [0.2, 0.25) is 5.90 Å². The molecule has 130 valence electrons. The summed E-state index contributed by atoms with van der Waals surface area (Å²) in [4.78, 5) is 8.04. The normalized spacial score (nSPS) is 15.5. The first-order valence-electron chi connectivity index (χ1n) is 8.34. The molecule has 0 unspecified atom stereocenters. The van der Waals surface area contributed by atoms with Crippen molar-refractivity contribution in [1.29, 1.82) is 0 Å². The second-order valence-electron chi connectivity index (χ2n) is 6.33. The number of benzene rings is 1. The van der Waals surface area contributed by atoms with Crippen molar-refractivity contribution >= 4 is 40.3 Å². The lowest BCUT2D eigenvalue weighted by Crippen LogP contribution is -2.17. The van der Waals surface area contributed by atoms with Crippen LogP contribution in [0.4, 0.5) is 0 Å². The van der Waals surface area contributed by atoms with Gasteiger partial charge in [0.05, 0.1) is 11.1 Å². The molecule has 0 atom stereocenters. The van der Waals surface area contributed by atoms with E-state index in [0.29, 0.717) is 6.61 Å². The fourth-order valence-corrected chi connectivity index (χ4v) is 3.46. The lowest BCUT2D eigenvalue weighted by molar-refractivity contribution is 0.279. The molecule has 1 aromatic rings. The van der Waals surface area contributed by atoms with Gasteiger partial charge in [0.25, 0.3) is 0 Å². The molecule has 0 radical (unpaired) electrons. The lowest BCUT2D eigenvalue weighted by atomic mass is 10.0. The zero-order valence-corrected chi connectivity index (χ0v) is 18.1. The van der Waals surface area contributed by atoms with E-state index in [4.69, 9.17) is 9.73 Å². The molecule has 0 saturated carbocycles. The highest BCUT2D eigenvalue weighted by atomic mass is 127. The van der Waals surface area contributed by atoms with Crippen LogP contribution in [0.2, 0.25) is 0 Å². The molecular weight excluding hydrogens is 417 g/mol. The van der Waals surface area contributed by atoms with Gasteiger partial charge < -0.3 is 4.74 Å². The molecule has 1 heterocycles. The number of rotatable bonds is 7. The standard InChI is InChI=1S/C18H27NOS.CH3I/c1-5-6-7-8-10-14-11-9-12-15(16(14)21-4)17-19-18(2,3)13-20-17;1-2/h9,11-12H,5-8,10,13H2,1-4H3;1H3. The van der Waals surface area contributed by atoms with Crippen molar-refractivity contribution in [3.8, 4) is 0 Å². The fourth-order valence-electron chi connectivity index (χ4n) is 2.66. The molecule has 0 spiro atoms. The van der Waals surface area contributed by atoms with Gasteiger partial charge in [-0.25, -0.2) is 4.99 Å². The van der Waals surface area contributed by atoms with Crippen LogP contribution in [-0.4, -0.2) is 29.2 Å². The molecule has 1 aliphatic heterocycles. The number of thioether (sulfide) groups is 1. The summed E-state index contributed by atoms with van der Waals surface area (Å²) in [5.41, 5.74) is 2.51. The van der Waals surface area contributed by atoms with E-state index in [9.17, 15) is 0 Å². The molecular formula is C19H30INOS. The maximum absolute atomic E-state index is 5.83. The van der Waals surface area contributed by atoms with Gasteiger partial charge in [0.1, 0.15) is 6.61 Å². The first-order chi connectivity index (χ1) is 11.1. The topological polar surface area (TPSA) is 21.6 Å². The number of hydrogen-bond donors (Lipinski definition) is 0. The van der Waals surface area contributed by atoms with Gasteiger partial charge in [-0.05, 0) is 49.5 Å². The Balaban J connectivity index is 0.00000127. The molecule has 2 nitrogen and oxygen atoms in total. The Morgan fingerprint density at radius 2 is 1.96 bits per heavy atom. The Bertz CT molecular complexity index is 514. The second-order valence-corrected chi connectivity index (χ2v) is 7.14. The van der Waals surface area contributed by atoms with Gasteiger partial charge in [-0.15, -0.1) is 11.8 Å². The molecule has 0 aromatic heterocycles. The molecule has 0 fully saturated rings. The number of hydrogen-bond acceptors (Lipinski definition) is 3. The Morgan fingerprint density at radius 3 is 2.52 bits per heavy atom. The molecule has 0 saturated heterocycles. The number of nitrogens with zero attached hydrogens (tertiary/aromatic N) is 1. The quantitative estimate of drug-likeness (QED) is 0.217. The number of alkyl halides is 1. The number of ether oxygens (including phenoxy) is 1. The molecule has 2 rings (SSSR count). The van der Waals surface area contributed by atoms with Crippen molar-refractivity contribution in [1.82, 2.24) is 0 Å². The van der Waals surface area contributed by atoms with Crippen LogP contribution in [0, 0.1) is 0 Å². The van der Waals surface area contributed by atoms with Crippen LogP contribution < -0.4 is 0 Å². The van der Waals surface area contributed by atoms with Gasteiger partial charge >= 0.3 is 0 Å². The van der Waals surface area contributed by atoms with Crippen LogP contribution in [-0.2, 0) is 11.2 Å². The third-order valence-corrected chi connectivity index (χ3v) is 4.69. The van der Waals surface area contributed by atoms with Crippen molar-refractivity contribution < 1.29 is 4.74 Å². The number of aryl methyl sites for hydroxylation is 1. The van der Waals surface area contributed by atoms with Gasteiger partial charge in [0, 0.05) is 4.90 Å². The SMILES string of the molecule is CCCCCCc1cccc(C2=NC(C)(C)CO2)c1SC.CI. The van der Waals surface area contributed by atoms with E-state index in [-0.39, 0.29) is 5.54 Å². The average Bonchev–Trinajstić information content (AvgIpc) is 2.93. The molecule has 0 amide bonds. The third-order valence-electron chi connectivity index (χ3n) is 3.80. The van der Waals surface area contributed by atoms with Gasteiger partial charge in [0.15, 0.2) is 0 Å². The van der Waals surface area contributed by atoms with Crippen LogP contribution in [0.5, 0.6) is 0 Å². The first kappa shape index (κ1) is 20.8. The minimum Gasteiger partial charge on any atom is -0.475 e. The fraction of sp³-hybridized carbons (Fsp3) is 0.632. The van der Waals surface area contributed by atoms with Crippen LogP contribution in [0.1, 0.15) is 57.6 Å². The third kappa shape index (κ3) is 6.29. The van der Waals surface area contributed by atoms with Crippen LogP contribution in [0.15, 0.2) is 28.1 Å². The molecule has 1 aliphatic rings. The van der Waals surface area contributed by atoms with E-state index >= 15 is 0 Å². The zero-order chi connectivity index (χ0) is 17.3. The summed E-state index contributed by atoms with van der Waals surface area (Å²) in [6.07, 6.45) is 8.51. The molecule has 0 aliphatic carbocycles. The van der Waals surface area contributed by atoms with Crippen molar-refractivity contribution in [2.75, 3.05) is 17.8 Å². The van der Waals surface area contributed by atoms with Crippen molar-refractivity contribution in [3.05, 3.63) is 29.3 Å². The highest BCUT2D eigenvalue weighted by Gasteiger charge is 2.28. The largest absolute Gasteiger partial charge is 0.475 e. The van der Waals surface area contributed by atoms with E-state index in [1.54, 1.807) is 0 Å². The maximum atomic E-state index is 5.83. The molecule has 0 bridgehead atoms. The molecule has 0 N–H and O–H groups in total. The summed E-state index contributed by atoms with van der Waals surface area (Å²) in [5.74, 6) is 0.819. The van der Waals surface area contributed by atoms with Gasteiger partial charge in [-0.2, -0.15) is 0 Å². The highest BCUT2D eigenvalue weighted by molar-refractivity contribution is 14.1. The van der Waals surface area contributed by atoms with Crippen LogP contribution in [0.3, 0.4) is 0 Å². The molecule has 4 heteroatoms. The molecule has 23 heavy (non-hydrogen) atoms. The summed E-state index contributed by atoms with van der Waals surface area (Å²) < 4.78 is 5.83. The molecule has 1 aromatic carbocycles. The summed E-state index contributed by atoms with van der Waals surface area (Å²) in [6, 6.07) is 6.53. The average molecular weight is 447 g/mol. The van der Waals surface area contributed by atoms with Gasteiger partial charge in [-0.1, -0.05) is 60.9 Å². The Hall–Kier alpha value is -0.230. The number of unbranched alkanes of at least 4 members (excludes halogenated alkanes) is 3. The second kappa shape index (κ2) is 10.6. The summed E-state index contributed by atoms with van der Waals surface area (Å²) in [7, 11) is 0. The smallest absolute Gasteiger partial charge is 0.217 e. The van der Waals surface area contributed by atoms with E-state index in [2.05, 4.69) is 67.8 Å². The highest BCUT2D eigenvalue weighted by Crippen LogP contribution is 2.30. The monoisotopic (exact) mass is 447 g/mol. The maximum Gasteiger partial charge on any atom is 0.217 e. The first-order valence-corrected chi connectivity index (χ1v) is 11.7. The summed E-state index contributed by atoms with van der Waals surface area (Å²) in [6.45, 7) is 7.17. The minimum atomic E-state index is -0.0951. The minimum absolute atomic E-state index is 0.0951. The zero-order valence-electron chi connectivity index (χ0n) is 15.1. The predicted molar refractivity (Wildman–Crippen MR) is 113 cm³/mol. The van der Waals surface area contributed by atoms with Crippen molar-refractivity contribution in [2.24, 2.45) is 4.99 Å². The summed E-state index contributed by atoms with van der Waals surface area (Å²) >= 11 is 3.96. The van der Waals surface area contributed by atoms with E-state index < -0.39 is 0 Å². The van der Waals surface area contributed by atoms with Crippen molar-refractivity contribution in [2.45, 2.75) is 63.3 Å². The van der Waals surface area contributed by atoms with Gasteiger partial charge in [-0.3, -0.25) is 0 Å². The number of halogens is 1. The summed E-state index contributed by atoms with van der Waals surface area (Å²) in [5, 5.41) is 0. The van der Waals surface area contributed by atoms with E-state index in [0.717, 1.165) is 12.3 Å². The van der Waals surface area contributed by atoms with Crippen LogP contribution >= 0.6 is 34.4 Å². The number of aliphatic imine (C=N–C) groups is 1. The lowest BCUT2D eigenvalue weighted by Gasteiger charge is -2.12. The predicted octanol–water partition coefficient (Wildman–Crippen LogP) is 6.14. The van der Waals surface area contributed by atoms with E-state index in [1.165, 1.54) is 41.7 Å². The Kier molecular flexibility index (Phi) is 9.59. The van der Waals surface area contributed by atoms with E-state index in [1.807, 2.05) is 16.7 Å². The Labute approximate surface area is 160 Å². The van der Waals surface area contributed by atoms with Crippen LogP contribution in [0.25, 0.3) is 0 Å².